The van der Waals surface area contributed by atoms with Crippen LogP contribution in [0.15, 0.2) is 12.1 Å². The molecule has 0 aromatic carbocycles. The molecule has 90 valence electrons. The molecule has 0 aliphatic carbocycles. The molecule has 0 aliphatic heterocycles. The quantitative estimate of drug-likeness (QED) is 0.879. The summed E-state index contributed by atoms with van der Waals surface area (Å²) in [6, 6.07) is 3.74. The Morgan fingerprint density at radius 3 is 2.38 bits per heavy atom. The first-order chi connectivity index (χ1) is 7.30. The van der Waals surface area contributed by atoms with Gasteiger partial charge < -0.3 is 0 Å². The summed E-state index contributed by atoms with van der Waals surface area (Å²) < 4.78 is 14.6. The molecule has 1 heterocycles. The van der Waals surface area contributed by atoms with Gasteiger partial charge in [0.2, 0.25) is 0 Å². The molecule has 0 saturated heterocycles. The third-order valence-corrected chi connectivity index (χ3v) is 3.78. The van der Waals surface area contributed by atoms with Crippen molar-refractivity contribution in [1.29, 1.82) is 0 Å². The van der Waals surface area contributed by atoms with Crippen molar-refractivity contribution in [2.45, 2.75) is 45.4 Å². The summed E-state index contributed by atoms with van der Waals surface area (Å²) in [5.74, 6) is 0. The highest BCUT2D eigenvalue weighted by molar-refractivity contribution is 7.84. The lowest BCUT2D eigenvalue weighted by molar-refractivity contribution is 0.608. The van der Waals surface area contributed by atoms with Crippen molar-refractivity contribution in [3.8, 4) is 0 Å². The van der Waals surface area contributed by atoms with Crippen LogP contribution in [-0.2, 0) is 11.0 Å². The fraction of sp³-hybridized carbons (Fsp3) is 0.636. The minimum atomic E-state index is -1.09. The minimum Gasteiger partial charge on any atom is -0.242 e. The van der Waals surface area contributed by atoms with E-state index in [1.807, 2.05) is 46.8 Å². The molecule has 5 heteroatoms. The number of nitrogens with zero attached hydrogens (tertiary/aromatic N) is 2. The molecule has 0 saturated carbocycles. The summed E-state index contributed by atoms with van der Waals surface area (Å²) in [7, 11) is -1.09. The average Bonchev–Trinajstić information content (AvgIpc) is 2.17. The predicted octanol–water partition coefficient (Wildman–Crippen LogP) is 1.90. The fourth-order valence-electron chi connectivity index (χ4n) is 1.04. The van der Waals surface area contributed by atoms with Crippen molar-refractivity contribution in [3.05, 3.63) is 23.5 Å². The minimum absolute atomic E-state index is 0.0619. The zero-order chi connectivity index (χ0) is 12.3. The summed E-state index contributed by atoms with van der Waals surface area (Å²) in [5.41, 5.74) is 1.69. The number of hydrogen-bond acceptors (Lipinski definition) is 3. The normalized spacial score (nSPS) is 15.8. The summed E-state index contributed by atoms with van der Waals surface area (Å²) >= 11 is 0. The van der Waals surface area contributed by atoms with Crippen LogP contribution < -0.4 is 4.72 Å². The van der Waals surface area contributed by atoms with Crippen LogP contribution in [0.25, 0.3) is 0 Å². The average molecular weight is 241 g/mol. The third-order valence-electron chi connectivity index (χ3n) is 2.10. The van der Waals surface area contributed by atoms with E-state index in [1.54, 1.807) is 0 Å². The third kappa shape index (κ3) is 3.64. The number of aryl methyl sites for hydroxylation is 1. The highest BCUT2D eigenvalue weighted by Crippen LogP contribution is 2.14. The maximum atomic E-state index is 11.9. The van der Waals surface area contributed by atoms with E-state index in [0.29, 0.717) is 0 Å². The topological polar surface area (TPSA) is 54.9 Å². The SMILES string of the molecule is Cc1ccc([C@@H](C)NS(=O)C(C)(C)C)nn1. The Hall–Kier alpha value is -0.810. The van der Waals surface area contributed by atoms with E-state index in [-0.39, 0.29) is 10.8 Å². The molecule has 1 aromatic rings. The maximum absolute atomic E-state index is 11.9. The molecule has 0 fully saturated rings. The van der Waals surface area contributed by atoms with Gasteiger partial charge in [-0.05, 0) is 46.8 Å². The monoisotopic (exact) mass is 241 g/mol. The van der Waals surface area contributed by atoms with Crippen molar-refractivity contribution < 1.29 is 4.21 Å². The van der Waals surface area contributed by atoms with Gasteiger partial charge in [-0.25, -0.2) is 8.93 Å². The largest absolute Gasteiger partial charge is 0.242 e. The lowest BCUT2D eigenvalue weighted by Crippen LogP contribution is -2.35. The Balaban J connectivity index is 2.69. The van der Waals surface area contributed by atoms with Crippen molar-refractivity contribution in [3.63, 3.8) is 0 Å². The van der Waals surface area contributed by atoms with Crippen molar-refractivity contribution in [1.82, 2.24) is 14.9 Å². The van der Waals surface area contributed by atoms with E-state index in [9.17, 15) is 4.21 Å². The standard InChI is InChI=1S/C11H19N3OS/c1-8-6-7-10(13-12-8)9(2)14-16(15)11(3,4)5/h6-7,9,14H,1-5H3/t9-,16?/m1/s1. The summed E-state index contributed by atoms with van der Waals surface area (Å²) in [5, 5.41) is 8.05. The van der Waals surface area contributed by atoms with Gasteiger partial charge in [-0.1, -0.05) is 0 Å². The molecular weight excluding hydrogens is 222 g/mol. The maximum Gasteiger partial charge on any atom is 0.0976 e. The molecule has 16 heavy (non-hydrogen) atoms. The van der Waals surface area contributed by atoms with Crippen LogP contribution in [0.1, 0.15) is 45.1 Å². The lowest BCUT2D eigenvalue weighted by atomic mass is 10.2. The van der Waals surface area contributed by atoms with Crippen LogP contribution in [0, 0.1) is 6.92 Å². The number of aromatic nitrogens is 2. The van der Waals surface area contributed by atoms with E-state index in [4.69, 9.17) is 0 Å². The van der Waals surface area contributed by atoms with Crippen molar-refractivity contribution in [2.75, 3.05) is 0 Å². The lowest BCUT2D eigenvalue weighted by Gasteiger charge is -2.21. The first-order valence-corrected chi connectivity index (χ1v) is 6.44. The molecule has 1 rings (SSSR count). The second-order valence-electron chi connectivity index (χ2n) is 4.82. The van der Waals surface area contributed by atoms with Crippen LogP contribution in [0.3, 0.4) is 0 Å². The molecule has 4 nitrogen and oxygen atoms in total. The van der Waals surface area contributed by atoms with Crippen LogP contribution >= 0.6 is 0 Å². The Morgan fingerprint density at radius 2 is 1.94 bits per heavy atom. The van der Waals surface area contributed by atoms with Gasteiger partial charge >= 0.3 is 0 Å². The van der Waals surface area contributed by atoms with Gasteiger partial charge in [0.05, 0.1) is 33.2 Å². The molecule has 1 N–H and O–H groups in total. The van der Waals surface area contributed by atoms with E-state index < -0.39 is 11.0 Å². The van der Waals surface area contributed by atoms with E-state index in [1.165, 1.54) is 0 Å². The highest BCUT2D eigenvalue weighted by Gasteiger charge is 2.22. The molecule has 0 bridgehead atoms. The summed E-state index contributed by atoms with van der Waals surface area (Å²) in [6.45, 7) is 9.63. The Labute approximate surface area is 99.5 Å². The fourth-order valence-corrected chi connectivity index (χ4v) is 1.83. The van der Waals surface area contributed by atoms with E-state index in [2.05, 4.69) is 14.9 Å². The van der Waals surface area contributed by atoms with Gasteiger partial charge in [-0.15, -0.1) is 0 Å². The second kappa shape index (κ2) is 5.01. The molecule has 0 aliphatic rings. The molecule has 1 unspecified atom stereocenters. The van der Waals surface area contributed by atoms with Gasteiger partial charge in [-0.2, -0.15) is 10.2 Å². The Morgan fingerprint density at radius 1 is 1.31 bits per heavy atom. The summed E-state index contributed by atoms with van der Waals surface area (Å²) in [4.78, 5) is 0. The second-order valence-corrected chi connectivity index (χ2v) is 6.82. The Bertz CT molecular complexity index is 370. The van der Waals surface area contributed by atoms with Crippen LogP contribution in [-0.4, -0.2) is 19.2 Å². The van der Waals surface area contributed by atoms with Gasteiger partial charge in [0.25, 0.3) is 0 Å². The summed E-state index contributed by atoms with van der Waals surface area (Å²) in [6.07, 6.45) is 0. The molecule has 0 radical (unpaired) electrons. The molecular formula is C11H19N3OS. The zero-order valence-corrected chi connectivity index (χ0v) is 11.3. The van der Waals surface area contributed by atoms with Crippen molar-refractivity contribution in [2.24, 2.45) is 0 Å². The molecule has 1 aromatic heterocycles. The molecule has 0 amide bonds. The van der Waals surface area contributed by atoms with Crippen LogP contribution in [0.4, 0.5) is 0 Å². The molecule has 2 atom stereocenters. The number of rotatable bonds is 3. The molecule has 0 spiro atoms. The smallest absolute Gasteiger partial charge is 0.0976 e. The zero-order valence-electron chi connectivity index (χ0n) is 10.4. The van der Waals surface area contributed by atoms with Crippen LogP contribution in [0.2, 0.25) is 0 Å². The Kier molecular flexibility index (Phi) is 4.15. The van der Waals surface area contributed by atoms with Gasteiger partial charge in [0.1, 0.15) is 0 Å². The van der Waals surface area contributed by atoms with Crippen molar-refractivity contribution >= 4 is 11.0 Å². The van der Waals surface area contributed by atoms with Gasteiger partial charge in [0.15, 0.2) is 0 Å². The van der Waals surface area contributed by atoms with Crippen LogP contribution in [0.5, 0.6) is 0 Å². The first-order valence-electron chi connectivity index (χ1n) is 5.29. The first kappa shape index (κ1) is 13.3. The van der Waals surface area contributed by atoms with E-state index in [0.717, 1.165) is 11.4 Å². The van der Waals surface area contributed by atoms with E-state index >= 15 is 0 Å². The number of nitrogens with one attached hydrogen (secondary N) is 1. The van der Waals surface area contributed by atoms with Gasteiger partial charge in [0, 0.05) is 0 Å². The van der Waals surface area contributed by atoms with Gasteiger partial charge in [-0.3, -0.25) is 0 Å². The predicted molar refractivity (Wildman–Crippen MR) is 66.2 cm³/mol. The highest BCUT2D eigenvalue weighted by atomic mass is 32.2. The number of hydrogen-bond donors (Lipinski definition) is 1.